The maximum Gasteiger partial charge on any atom is 0.319 e. The van der Waals surface area contributed by atoms with Gasteiger partial charge in [-0.15, -0.1) is 0 Å². The zero-order valence-electron chi connectivity index (χ0n) is 20.7. The zero-order chi connectivity index (χ0) is 24.8. The van der Waals surface area contributed by atoms with E-state index in [1.165, 1.54) is 0 Å². The number of hydrogen-bond donors (Lipinski definition) is 3. The second kappa shape index (κ2) is 11.5. The van der Waals surface area contributed by atoms with Gasteiger partial charge in [0, 0.05) is 30.9 Å². The van der Waals surface area contributed by atoms with Crippen molar-refractivity contribution in [3.8, 4) is 17.0 Å². The lowest BCUT2D eigenvalue weighted by molar-refractivity contribution is 0.0806. The van der Waals surface area contributed by atoms with E-state index in [1.54, 1.807) is 6.20 Å². The van der Waals surface area contributed by atoms with Crippen LogP contribution in [0.5, 0.6) is 5.75 Å². The number of benzene rings is 1. The Balaban J connectivity index is 1.62. The first-order chi connectivity index (χ1) is 16.9. The summed E-state index contributed by atoms with van der Waals surface area (Å²) in [5, 5.41) is 21.4. The van der Waals surface area contributed by atoms with Crippen LogP contribution in [0.4, 0.5) is 10.5 Å². The minimum atomic E-state index is -0.497. The van der Waals surface area contributed by atoms with Crippen LogP contribution in [0.15, 0.2) is 36.5 Å². The van der Waals surface area contributed by atoms with Gasteiger partial charge in [0.05, 0.1) is 29.1 Å². The van der Waals surface area contributed by atoms with Crippen molar-refractivity contribution in [1.29, 1.82) is 0 Å². The molecular formula is C26H35N5O4. The molecule has 3 aromatic rings. The number of ether oxygens (including phenoxy) is 2. The molecule has 0 spiro atoms. The molecule has 1 aliphatic rings. The summed E-state index contributed by atoms with van der Waals surface area (Å²) in [7, 11) is 0. The van der Waals surface area contributed by atoms with E-state index in [4.69, 9.17) is 14.5 Å². The molecule has 2 aromatic heterocycles. The highest BCUT2D eigenvalue weighted by Gasteiger charge is 2.19. The third kappa shape index (κ3) is 6.29. The van der Waals surface area contributed by atoms with E-state index >= 15 is 0 Å². The van der Waals surface area contributed by atoms with Gasteiger partial charge in [0.25, 0.3) is 0 Å². The number of nitrogens with zero attached hydrogens (tertiary/aromatic N) is 3. The topological polar surface area (TPSA) is 111 Å². The minimum Gasteiger partial charge on any atom is -0.491 e. The molecule has 1 saturated heterocycles. The maximum absolute atomic E-state index is 12.8. The quantitative estimate of drug-likeness (QED) is 0.414. The Morgan fingerprint density at radius 3 is 2.83 bits per heavy atom. The number of urea groups is 1. The van der Waals surface area contributed by atoms with E-state index < -0.39 is 6.10 Å². The molecule has 9 heteroatoms. The summed E-state index contributed by atoms with van der Waals surface area (Å²) in [6.45, 7) is 7.67. The zero-order valence-corrected chi connectivity index (χ0v) is 20.7. The fraction of sp³-hybridized carbons (Fsp3) is 0.500. The maximum atomic E-state index is 12.8. The van der Waals surface area contributed by atoms with Gasteiger partial charge < -0.3 is 25.2 Å². The molecule has 4 rings (SSSR count). The molecular weight excluding hydrogens is 446 g/mol. The highest BCUT2D eigenvalue weighted by Crippen LogP contribution is 2.31. The minimum absolute atomic E-state index is 0.0934. The highest BCUT2D eigenvalue weighted by molar-refractivity contribution is 6.00. The van der Waals surface area contributed by atoms with Crippen molar-refractivity contribution in [2.24, 2.45) is 0 Å². The summed E-state index contributed by atoms with van der Waals surface area (Å²) >= 11 is 0. The number of aliphatic hydroxyl groups excluding tert-OH is 1. The summed E-state index contributed by atoms with van der Waals surface area (Å²) < 4.78 is 13.0. The summed E-state index contributed by atoms with van der Waals surface area (Å²) in [4.78, 5) is 17.7. The number of amides is 2. The van der Waals surface area contributed by atoms with E-state index in [0.717, 1.165) is 30.2 Å². The molecule has 0 bridgehead atoms. The number of hydrogen-bond acceptors (Lipinski definition) is 6. The van der Waals surface area contributed by atoms with Gasteiger partial charge in [-0.1, -0.05) is 25.5 Å². The lowest BCUT2D eigenvalue weighted by atomic mass is 10.1. The summed E-state index contributed by atoms with van der Waals surface area (Å²) in [6.07, 6.45) is 4.44. The third-order valence-corrected chi connectivity index (χ3v) is 6.05. The van der Waals surface area contributed by atoms with E-state index in [-0.39, 0.29) is 24.7 Å². The Labute approximate surface area is 205 Å². The van der Waals surface area contributed by atoms with Gasteiger partial charge in [0.15, 0.2) is 5.65 Å². The molecule has 0 aliphatic carbocycles. The molecule has 3 heterocycles. The van der Waals surface area contributed by atoms with Gasteiger partial charge in [-0.25, -0.2) is 14.5 Å². The first-order valence-corrected chi connectivity index (χ1v) is 12.4. The fourth-order valence-electron chi connectivity index (χ4n) is 4.19. The summed E-state index contributed by atoms with van der Waals surface area (Å²) in [6, 6.07) is 9.41. The Morgan fingerprint density at radius 1 is 1.29 bits per heavy atom. The SMILES string of the molecule is CCCC(O)COc1cccc(-c2cc(NC(=O)NC3CCOCC3)c3cnn(C(C)C)c3n2)c1. The second-order valence-electron chi connectivity index (χ2n) is 9.24. The average Bonchev–Trinajstić information content (AvgIpc) is 3.28. The number of nitrogens with one attached hydrogen (secondary N) is 2. The van der Waals surface area contributed by atoms with E-state index in [1.807, 2.05) is 55.8 Å². The second-order valence-corrected chi connectivity index (χ2v) is 9.24. The molecule has 0 saturated carbocycles. The van der Waals surface area contributed by atoms with E-state index in [0.29, 0.717) is 42.4 Å². The van der Waals surface area contributed by atoms with Crippen molar-refractivity contribution in [1.82, 2.24) is 20.1 Å². The van der Waals surface area contributed by atoms with Crippen LogP contribution in [0, 0.1) is 0 Å². The van der Waals surface area contributed by atoms with Gasteiger partial charge in [0.2, 0.25) is 0 Å². The monoisotopic (exact) mass is 481 g/mol. The first-order valence-electron chi connectivity index (χ1n) is 12.4. The number of aromatic nitrogens is 3. The molecule has 0 radical (unpaired) electrons. The molecule has 3 N–H and O–H groups in total. The Kier molecular flexibility index (Phi) is 8.20. The smallest absolute Gasteiger partial charge is 0.319 e. The van der Waals surface area contributed by atoms with Crippen molar-refractivity contribution >= 4 is 22.8 Å². The summed E-state index contributed by atoms with van der Waals surface area (Å²) in [5.41, 5.74) is 2.88. The van der Waals surface area contributed by atoms with Crippen LogP contribution in [0.25, 0.3) is 22.3 Å². The number of fused-ring (bicyclic) bond motifs is 1. The molecule has 188 valence electrons. The molecule has 1 fully saturated rings. The third-order valence-electron chi connectivity index (χ3n) is 6.05. The summed E-state index contributed by atoms with van der Waals surface area (Å²) in [5.74, 6) is 0.656. The number of rotatable bonds is 9. The van der Waals surface area contributed by atoms with Crippen LogP contribution >= 0.6 is 0 Å². The molecule has 1 aromatic carbocycles. The lowest BCUT2D eigenvalue weighted by Gasteiger charge is -2.23. The number of aliphatic hydroxyl groups is 1. The number of anilines is 1. The van der Waals surface area contributed by atoms with Crippen molar-refractivity contribution in [3.63, 3.8) is 0 Å². The predicted octanol–water partition coefficient (Wildman–Crippen LogP) is 4.52. The van der Waals surface area contributed by atoms with Crippen LogP contribution in [-0.2, 0) is 4.74 Å². The number of pyridine rings is 1. The van der Waals surface area contributed by atoms with Crippen molar-refractivity contribution in [2.75, 3.05) is 25.1 Å². The molecule has 1 atom stereocenters. The normalized spacial score (nSPS) is 15.3. The van der Waals surface area contributed by atoms with Crippen LogP contribution in [0.2, 0.25) is 0 Å². The number of carbonyl (C=O) groups excluding carboxylic acids is 1. The fourth-order valence-corrected chi connectivity index (χ4v) is 4.19. The predicted molar refractivity (Wildman–Crippen MR) is 136 cm³/mol. The highest BCUT2D eigenvalue weighted by atomic mass is 16.5. The van der Waals surface area contributed by atoms with Crippen molar-refractivity contribution in [3.05, 3.63) is 36.5 Å². The molecule has 9 nitrogen and oxygen atoms in total. The Bertz CT molecular complexity index is 1140. The average molecular weight is 482 g/mol. The van der Waals surface area contributed by atoms with E-state index in [2.05, 4.69) is 15.7 Å². The van der Waals surface area contributed by atoms with Crippen LogP contribution < -0.4 is 15.4 Å². The lowest BCUT2D eigenvalue weighted by Crippen LogP contribution is -2.41. The van der Waals surface area contributed by atoms with Crippen molar-refractivity contribution < 1.29 is 19.4 Å². The largest absolute Gasteiger partial charge is 0.491 e. The standard InChI is InChI=1S/C26H35N5O4/c1-4-6-20(32)16-35-21-8-5-7-18(13-21)23-14-24(22-15-27-31(17(2)3)25(22)29-23)30-26(33)28-19-9-11-34-12-10-19/h5,7-8,13-15,17,19-20,32H,4,6,9-12,16H2,1-3H3,(H2,28,29,30,33). The number of carbonyl (C=O) groups is 1. The van der Waals surface area contributed by atoms with Crippen LogP contribution in [0.1, 0.15) is 52.5 Å². The van der Waals surface area contributed by atoms with E-state index in [9.17, 15) is 9.90 Å². The Hall–Kier alpha value is -3.17. The van der Waals surface area contributed by atoms with Crippen LogP contribution in [0.3, 0.4) is 0 Å². The van der Waals surface area contributed by atoms with Gasteiger partial charge in [-0.05, 0) is 51.3 Å². The molecule has 1 aliphatic heterocycles. The van der Waals surface area contributed by atoms with Gasteiger partial charge in [-0.2, -0.15) is 5.10 Å². The Morgan fingerprint density at radius 2 is 2.09 bits per heavy atom. The van der Waals surface area contributed by atoms with Crippen LogP contribution in [-0.4, -0.2) is 57.9 Å². The molecule has 2 amide bonds. The van der Waals surface area contributed by atoms with Crippen molar-refractivity contribution in [2.45, 2.75) is 64.6 Å². The van der Waals surface area contributed by atoms with Gasteiger partial charge in [-0.3, -0.25) is 0 Å². The molecule has 1 unspecified atom stereocenters. The molecule has 35 heavy (non-hydrogen) atoms. The van der Waals surface area contributed by atoms with Gasteiger partial charge >= 0.3 is 6.03 Å². The van der Waals surface area contributed by atoms with Gasteiger partial charge in [0.1, 0.15) is 12.4 Å². The first kappa shape index (κ1) is 24.9.